The van der Waals surface area contributed by atoms with E-state index in [9.17, 15) is 13.2 Å². The van der Waals surface area contributed by atoms with Gasteiger partial charge in [0.2, 0.25) is 5.91 Å². The second kappa shape index (κ2) is 8.31. The lowest BCUT2D eigenvalue weighted by molar-refractivity contribution is -0.119. The van der Waals surface area contributed by atoms with Crippen molar-refractivity contribution in [1.29, 1.82) is 0 Å². The van der Waals surface area contributed by atoms with Crippen molar-refractivity contribution < 1.29 is 17.9 Å². The van der Waals surface area contributed by atoms with E-state index in [-0.39, 0.29) is 23.4 Å². The zero-order valence-corrected chi connectivity index (χ0v) is 17.3. The second-order valence-corrected chi connectivity index (χ2v) is 9.01. The van der Waals surface area contributed by atoms with Crippen LogP contribution in [-0.2, 0) is 14.8 Å². The molecule has 1 saturated carbocycles. The first-order valence-electron chi connectivity index (χ1n) is 8.70. The van der Waals surface area contributed by atoms with Gasteiger partial charge in [0.05, 0.1) is 17.2 Å². The summed E-state index contributed by atoms with van der Waals surface area (Å²) in [6.45, 7) is 2.12. The molecule has 6 nitrogen and oxygen atoms in total. The highest BCUT2D eigenvalue weighted by atomic mass is 79.9. The van der Waals surface area contributed by atoms with E-state index in [4.69, 9.17) is 4.74 Å². The minimum Gasteiger partial charge on any atom is -0.494 e. The van der Waals surface area contributed by atoms with Crippen LogP contribution in [0.3, 0.4) is 0 Å². The van der Waals surface area contributed by atoms with Crippen LogP contribution >= 0.6 is 15.9 Å². The molecule has 2 aromatic rings. The number of benzene rings is 2. The molecule has 0 aliphatic heterocycles. The summed E-state index contributed by atoms with van der Waals surface area (Å²) in [4.78, 5) is 12.5. The predicted molar refractivity (Wildman–Crippen MR) is 107 cm³/mol. The Morgan fingerprint density at radius 3 is 2.33 bits per heavy atom. The Labute approximate surface area is 167 Å². The number of hydrogen-bond donors (Lipinski definition) is 1. The summed E-state index contributed by atoms with van der Waals surface area (Å²) in [6, 6.07) is 13.2. The van der Waals surface area contributed by atoms with Crippen LogP contribution in [0.5, 0.6) is 5.75 Å². The number of amides is 1. The maximum absolute atomic E-state index is 13.2. The Morgan fingerprint density at radius 2 is 1.78 bits per heavy atom. The van der Waals surface area contributed by atoms with Gasteiger partial charge in [-0.2, -0.15) is 0 Å². The largest absolute Gasteiger partial charge is 0.494 e. The van der Waals surface area contributed by atoms with Gasteiger partial charge in [0.15, 0.2) is 0 Å². The Kier molecular flexibility index (Phi) is 6.06. The van der Waals surface area contributed by atoms with Crippen LogP contribution in [0.1, 0.15) is 19.8 Å². The smallest absolute Gasteiger partial charge is 0.264 e. The number of rotatable bonds is 8. The summed E-state index contributed by atoms with van der Waals surface area (Å²) in [7, 11) is -3.90. The lowest BCUT2D eigenvalue weighted by Crippen LogP contribution is -2.41. The zero-order chi connectivity index (χ0) is 19.4. The van der Waals surface area contributed by atoms with Crippen LogP contribution in [0.4, 0.5) is 5.69 Å². The standard InChI is InChI=1S/C19H21BrN2O4S/c1-2-26-17-9-7-16(8-10-17)22(13-19(23)21-15-5-6-15)27(24,25)18-11-3-14(20)4-12-18/h3-4,7-12,15H,2,5-6,13H2,1H3,(H,21,23). The van der Waals surface area contributed by atoms with Gasteiger partial charge in [-0.3, -0.25) is 9.10 Å². The van der Waals surface area contributed by atoms with Crippen LogP contribution in [0.15, 0.2) is 57.9 Å². The highest BCUT2D eigenvalue weighted by molar-refractivity contribution is 9.10. The third-order valence-electron chi connectivity index (χ3n) is 4.07. The Balaban J connectivity index is 1.92. The monoisotopic (exact) mass is 452 g/mol. The number of nitrogens with zero attached hydrogens (tertiary/aromatic N) is 1. The van der Waals surface area contributed by atoms with Gasteiger partial charge in [-0.1, -0.05) is 15.9 Å². The van der Waals surface area contributed by atoms with Gasteiger partial charge in [0.1, 0.15) is 12.3 Å². The van der Waals surface area contributed by atoms with E-state index in [1.807, 2.05) is 6.92 Å². The number of carbonyl (C=O) groups is 1. The SMILES string of the molecule is CCOc1ccc(N(CC(=O)NC2CC2)S(=O)(=O)c2ccc(Br)cc2)cc1. The highest BCUT2D eigenvalue weighted by Gasteiger charge is 2.30. The van der Waals surface area contributed by atoms with E-state index in [1.165, 1.54) is 12.1 Å². The molecule has 1 aliphatic rings. The molecule has 0 atom stereocenters. The van der Waals surface area contributed by atoms with Crippen LogP contribution in [-0.4, -0.2) is 33.5 Å². The molecule has 144 valence electrons. The van der Waals surface area contributed by atoms with E-state index < -0.39 is 10.0 Å². The van der Waals surface area contributed by atoms with Crippen LogP contribution < -0.4 is 14.4 Å². The fraction of sp³-hybridized carbons (Fsp3) is 0.316. The van der Waals surface area contributed by atoms with E-state index in [2.05, 4.69) is 21.2 Å². The molecule has 8 heteroatoms. The summed E-state index contributed by atoms with van der Waals surface area (Å²) in [5.41, 5.74) is 0.410. The number of hydrogen-bond acceptors (Lipinski definition) is 4. The minimum atomic E-state index is -3.90. The van der Waals surface area contributed by atoms with Gasteiger partial charge in [-0.05, 0) is 68.3 Å². The third kappa shape index (κ3) is 5.01. The minimum absolute atomic E-state index is 0.124. The number of ether oxygens (including phenoxy) is 1. The van der Waals surface area contributed by atoms with Crippen molar-refractivity contribution in [2.24, 2.45) is 0 Å². The van der Waals surface area contributed by atoms with Gasteiger partial charge in [-0.25, -0.2) is 8.42 Å². The van der Waals surface area contributed by atoms with Gasteiger partial charge >= 0.3 is 0 Å². The van der Waals surface area contributed by atoms with Crippen LogP contribution in [0.25, 0.3) is 0 Å². The average Bonchev–Trinajstić information content (AvgIpc) is 3.45. The molecule has 27 heavy (non-hydrogen) atoms. The topological polar surface area (TPSA) is 75.7 Å². The Hall–Kier alpha value is -2.06. The molecule has 0 bridgehead atoms. The Bertz CT molecular complexity index is 894. The third-order valence-corrected chi connectivity index (χ3v) is 6.38. The molecule has 0 radical (unpaired) electrons. The maximum atomic E-state index is 13.2. The van der Waals surface area contributed by atoms with Crippen molar-refractivity contribution in [1.82, 2.24) is 5.32 Å². The van der Waals surface area contributed by atoms with Crippen molar-refractivity contribution in [3.05, 3.63) is 53.0 Å². The molecule has 1 fully saturated rings. The zero-order valence-electron chi connectivity index (χ0n) is 14.9. The molecular weight excluding hydrogens is 432 g/mol. The molecule has 0 heterocycles. The first-order chi connectivity index (χ1) is 12.9. The van der Waals surface area contributed by atoms with Crippen molar-refractivity contribution in [2.75, 3.05) is 17.5 Å². The molecule has 0 saturated heterocycles. The Morgan fingerprint density at radius 1 is 1.15 bits per heavy atom. The van der Waals surface area contributed by atoms with Crippen molar-refractivity contribution in [3.63, 3.8) is 0 Å². The molecular formula is C19H21BrN2O4S. The number of halogens is 1. The average molecular weight is 453 g/mol. The summed E-state index contributed by atoms with van der Waals surface area (Å²) < 4.78 is 33.7. The van der Waals surface area contributed by atoms with Gasteiger partial charge in [0.25, 0.3) is 10.0 Å². The van der Waals surface area contributed by atoms with Gasteiger partial charge < -0.3 is 10.1 Å². The first-order valence-corrected chi connectivity index (χ1v) is 10.9. The molecule has 0 aromatic heterocycles. The van der Waals surface area contributed by atoms with Crippen molar-refractivity contribution in [3.8, 4) is 5.75 Å². The molecule has 0 unspecified atom stereocenters. The van der Waals surface area contributed by atoms with Gasteiger partial charge in [-0.15, -0.1) is 0 Å². The van der Waals surface area contributed by atoms with E-state index in [1.54, 1.807) is 36.4 Å². The van der Waals surface area contributed by atoms with Crippen LogP contribution in [0, 0.1) is 0 Å². The van der Waals surface area contributed by atoms with E-state index in [0.29, 0.717) is 18.0 Å². The number of sulfonamides is 1. The normalized spacial score (nSPS) is 13.9. The molecule has 3 rings (SSSR count). The highest BCUT2D eigenvalue weighted by Crippen LogP contribution is 2.27. The lowest BCUT2D eigenvalue weighted by atomic mass is 10.3. The number of nitrogens with one attached hydrogen (secondary N) is 1. The predicted octanol–water partition coefficient (Wildman–Crippen LogP) is 3.32. The summed E-state index contributed by atoms with van der Waals surface area (Å²) in [5.74, 6) is 0.330. The van der Waals surface area contributed by atoms with E-state index >= 15 is 0 Å². The molecule has 0 spiro atoms. The van der Waals surface area contributed by atoms with E-state index in [0.717, 1.165) is 21.6 Å². The van der Waals surface area contributed by atoms with Crippen molar-refractivity contribution in [2.45, 2.75) is 30.7 Å². The van der Waals surface area contributed by atoms with Crippen LogP contribution in [0.2, 0.25) is 0 Å². The number of carbonyl (C=O) groups excluding carboxylic acids is 1. The summed E-state index contributed by atoms with van der Waals surface area (Å²) in [6.07, 6.45) is 1.88. The maximum Gasteiger partial charge on any atom is 0.264 e. The fourth-order valence-corrected chi connectivity index (χ4v) is 4.24. The quantitative estimate of drug-likeness (QED) is 0.666. The van der Waals surface area contributed by atoms with Crippen molar-refractivity contribution >= 4 is 37.5 Å². The summed E-state index contributed by atoms with van der Waals surface area (Å²) in [5, 5.41) is 2.84. The summed E-state index contributed by atoms with van der Waals surface area (Å²) >= 11 is 3.30. The van der Waals surface area contributed by atoms with Gasteiger partial charge in [0, 0.05) is 10.5 Å². The second-order valence-electron chi connectivity index (χ2n) is 6.23. The lowest BCUT2D eigenvalue weighted by Gasteiger charge is -2.24. The first kappa shape index (κ1) is 19.7. The molecule has 2 aromatic carbocycles. The molecule has 1 N–H and O–H groups in total. The fourth-order valence-electron chi connectivity index (χ4n) is 2.56. The number of anilines is 1. The molecule has 1 amide bonds. The molecule has 1 aliphatic carbocycles.